The summed E-state index contributed by atoms with van der Waals surface area (Å²) < 4.78 is 29.4. The minimum atomic E-state index is -3.21. The summed E-state index contributed by atoms with van der Waals surface area (Å²) in [6, 6.07) is 14.3. The van der Waals surface area contributed by atoms with Crippen molar-refractivity contribution in [3.05, 3.63) is 58.6 Å². The summed E-state index contributed by atoms with van der Waals surface area (Å²) in [5.74, 6) is 0.936. The van der Waals surface area contributed by atoms with Gasteiger partial charge in [-0.2, -0.15) is 0 Å². The van der Waals surface area contributed by atoms with Gasteiger partial charge >= 0.3 is 0 Å². The maximum atomic E-state index is 12.2. The summed E-state index contributed by atoms with van der Waals surface area (Å²) in [5.41, 5.74) is 1.18. The van der Waals surface area contributed by atoms with Crippen molar-refractivity contribution in [1.82, 2.24) is 5.32 Å². The Bertz CT molecular complexity index is 896. The number of carbonyl (C=O) groups excluding carboxylic acids is 1. The van der Waals surface area contributed by atoms with Gasteiger partial charge in [0.25, 0.3) is 0 Å². The minimum Gasteiger partial charge on any atom is -0.492 e. The van der Waals surface area contributed by atoms with E-state index >= 15 is 0 Å². The normalized spacial score (nSPS) is 19.0. The highest BCUT2D eigenvalue weighted by Crippen LogP contribution is 2.47. The number of rotatable bonds is 7. The van der Waals surface area contributed by atoms with Crippen molar-refractivity contribution in [2.75, 3.05) is 19.4 Å². The van der Waals surface area contributed by atoms with Gasteiger partial charge in [0.15, 0.2) is 9.84 Å². The van der Waals surface area contributed by atoms with Gasteiger partial charge in [0.05, 0.1) is 11.4 Å². The number of hydrogen-bond acceptors (Lipinski definition) is 4. The maximum Gasteiger partial charge on any atom is 0.223 e. The summed E-state index contributed by atoms with van der Waals surface area (Å²) >= 11 is 3.45. The maximum absolute atomic E-state index is 12.2. The monoisotopic (exact) mass is 437 g/mol. The van der Waals surface area contributed by atoms with Gasteiger partial charge in [0.2, 0.25) is 5.91 Å². The van der Waals surface area contributed by atoms with E-state index < -0.39 is 9.84 Å². The quantitative estimate of drug-likeness (QED) is 0.675. The molecule has 0 aromatic heterocycles. The van der Waals surface area contributed by atoms with Gasteiger partial charge in [0, 0.05) is 16.6 Å². The largest absolute Gasteiger partial charge is 0.492 e. The van der Waals surface area contributed by atoms with Crippen LogP contribution in [0, 0.1) is 5.92 Å². The number of benzene rings is 2. The van der Waals surface area contributed by atoms with Crippen molar-refractivity contribution in [2.45, 2.75) is 17.2 Å². The van der Waals surface area contributed by atoms with E-state index in [0.29, 0.717) is 18.9 Å². The molecule has 7 heteroatoms. The number of hydrogen-bond donors (Lipinski definition) is 1. The van der Waals surface area contributed by atoms with Gasteiger partial charge in [-0.25, -0.2) is 8.42 Å². The summed E-state index contributed by atoms with van der Waals surface area (Å²) in [4.78, 5) is 12.5. The van der Waals surface area contributed by atoms with Crippen LogP contribution in [0.15, 0.2) is 57.9 Å². The predicted molar refractivity (Wildman–Crippen MR) is 103 cm³/mol. The van der Waals surface area contributed by atoms with Gasteiger partial charge in [-0.05, 0) is 54.3 Å². The second kappa shape index (κ2) is 7.80. The Morgan fingerprint density at radius 1 is 1.23 bits per heavy atom. The molecule has 3 rings (SSSR count). The molecule has 5 nitrogen and oxygen atoms in total. The van der Waals surface area contributed by atoms with Crippen molar-refractivity contribution < 1.29 is 17.9 Å². The number of sulfone groups is 1. The second-order valence-electron chi connectivity index (χ2n) is 6.39. The number of halogens is 1. The first kappa shape index (κ1) is 18.9. The van der Waals surface area contributed by atoms with Crippen LogP contribution in [0.4, 0.5) is 0 Å². The third-order valence-corrected chi connectivity index (χ3v) is 5.95. The highest BCUT2D eigenvalue weighted by molar-refractivity contribution is 9.10. The highest BCUT2D eigenvalue weighted by Gasteiger charge is 2.43. The summed E-state index contributed by atoms with van der Waals surface area (Å²) in [6.07, 6.45) is 2.04. The molecule has 1 saturated carbocycles. The van der Waals surface area contributed by atoms with E-state index in [1.807, 2.05) is 18.2 Å². The van der Waals surface area contributed by atoms with E-state index in [-0.39, 0.29) is 22.6 Å². The highest BCUT2D eigenvalue weighted by atomic mass is 79.9. The molecule has 0 aliphatic heterocycles. The molecule has 1 aliphatic carbocycles. The van der Waals surface area contributed by atoms with Crippen LogP contribution in [-0.2, 0) is 14.6 Å². The fourth-order valence-electron chi connectivity index (χ4n) is 2.85. The molecule has 0 spiro atoms. The van der Waals surface area contributed by atoms with E-state index in [4.69, 9.17) is 4.74 Å². The lowest BCUT2D eigenvalue weighted by atomic mass is 10.1. The average Bonchev–Trinajstić information content (AvgIpc) is 3.39. The molecule has 2 aromatic rings. The first-order valence-corrected chi connectivity index (χ1v) is 11.0. The molecule has 2 atom stereocenters. The minimum absolute atomic E-state index is 0.0262. The fraction of sp³-hybridized carbons (Fsp3) is 0.316. The van der Waals surface area contributed by atoms with Crippen LogP contribution in [0.3, 0.4) is 0 Å². The Morgan fingerprint density at radius 2 is 1.96 bits per heavy atom. The predicted octanol–water partition coefficient (Wildman–Crippen LogP) is 3.15. The van der Waals surface area contributed by atoms with Gasteiger partial charge in [0.1, 0.15) is 12.4 Å². The Hall–Kier alpha value is -1.86. The van der Waals surface area contributed by atoms with Crippen LogP contribution >= 0.6 is 15.9 Å². The molecule has 0 bridgehead atoms. The standard InChI is InChI=1S/C19H20BrNO4S/c1-26(23,24)16-7-5-15(6-8-16)25-10-9-21-19(22)18-12-17(18)13-3-2-4-14(20)11-13/h2-8,11,17-18H,9-10,12H2,1H3,(H,21,22). The van der Waals surface area contributed by atoms with Crippen LogP contribution in [0.1, 0.15) is 17.9 Å². The first-order chi connectivity index (χ1) is 12.3. The zero-order valence-corrected chi connectivity index (χ0v) is 16.7. The van der Waals surface area contributed by atoms with Crippen LogP contribution in [0.5, 0.6) is 5.75 Å². The van der Waals surface area contributed by atoms with E-state index in [9.17, 15) is 13.2 Å². The molecule has 26 heavy (non-hydrogen) atoms. The molecule has 1 aliphatic rings. The van der Waals surface area contributed by atoms with Gasteiger partial charge in [-0.15, -0.1) is 0 Å². The lowest BCUT2D eigenvalue weighted by Gasteiger charge is -2.08. The molecule has 1 fully saturated rings. The van der Waals surface area contributed by atoms with Gasteiger partial charge in [-0.3, -0.25) is 4.79 Å². The SMILES string of the molecule is CS(=O)(=O)c1ccc(OCCNC(=O)C2CC2c2cccc(Br)c2)cc1. The van der Waals surface area contributed by atoms with Gasteiger partial charge in [-0.1, -0.05) is 28.1 Å². The van der Waals surface area contributed by atoms with Crippen LogP contribution in [0.2, 0.25) is 0 Å². The molecule has 1 amide bonds. The molecule has 0 radical (unpaired) electrons. The molecular weight excluding hydrogens is 418 g/mol. The number of carbonyl (C=O) groups is 1. The van der Waals surface area contributed by atoms with Crippen molar-refractivity contribution in [2.24, 2.45) is 5.92 Å². The van der Waals surface area contributed by atoms with Crippen molar-refractivity contribution in [3.8, 4) is 5.75 Å². The third kappa shape index (κ3) is 4.86. The van der Waals surface area contributed by atoms with E-state index in [0.717, 1.165) is 17.1 Å². The lowest BCUT2D eigenvalue weighted by molar-refractivity contribution is -0.122. The molecule has 1 N–H and O–H groups in total. The second-order valence-corrected chi connectivity index (χ2v) is 9.32. The Balaban J connectivity index is 1.41. The molecule has 2 aromatic carbocycles. The van der Waals surface area contributed by atoms with E-state index in [1.54, 1.807) is 12.1 Å². The molecular formula is C19H20BrNO4S. The zero-order chi connectivity index (χ0) is 18.7. The van der Waals surface area contributed by atoms with Crippen molar-refractivity contribution >= 4 is 31.7 Å². The topological polar surface area (TPSA) is 72.5 Å². The summed E-state index contributed by atoms with van der Waals surface area (Å²) in [5, 5.41) is 2.89. The van der Waals surface area contributed by atoms with Crippen LogP contribution in [-0.4, -0.2) is 33.7 Å². The van der Waals surface area contributed by atoms with Gasteiger partial charge < -0.3 is 10.1 Å². The smallest absolute Gasteiger partial charge is 0.223 e. The number of amides is 1. The Kier molecular flexibility index (Phi) is 5.67. The van der Waals surface area contributed by atoms with Crippen LogP contribution in [0.25, 0.3) is 0 Å². The van der Waals surface area contributed by atoms with E-state index in [2.05, 4.69) is 27.3 Å². The Morgan fingerprint density at radius 3 is 2.62 bits per heavy atom. The molecule has 0 saturated heterocycles. The van der Waals surface area contributed by atoms with Crippen molar-refractivity contribution in [1.29, 1.82) is 0 Å². The van der Waals surface area contributed by atoms with E-state index in [1.165, 1.54) is 17.7 Å². The van der Waals surface area contributed by atoms with Crippen molar-refractivity contribution in [3.63, 3.8) is 0 Å². The number of ether oxygens (including phenoxy) is 1. The molecule has 138 valence electrons. The molecule has 0 heterocycles. The molecule has 2 unspecified atom stereocenters. The average molecular weight is 438 g/mol. The zero-order valence-electron chi connectivity index (χ0n) is 14.3. The third-order valence-electron chi connectivity index (χ3n) is 4.33. The fourth-order valence-corrected chi connectivity index (χ4v) is 3.90. The summed E-state index contributed by atoms with van der Waals surface area (Å²) in [6.45, 7) is 0.743. The Labute approximate surface area is 161 Å². The first-order valence-electron chi connectivity index (χ1n) is 8.31. The number of nitrogens with one attached hydrogen (secondary N) is 1. The lowest BCUT2D eigenvalue weighted by Crippen LogP contribution is -2.29. The summed E-state index contributed by atoms with van der Waals surface area (Å²) in [7, 11) is -3.21. The van der Waals surface area contributed by atoms with Crippen LogP contribution < -0.4 is 10.1 Å².